The highest BCUT2D eigenvalue weighted by Gasteiger charge is 2.37. The second kappa shape index (κ2) is 10.6. The van der Waals surface area contributed by atoms with Gasteiger partial charge in [-0.1, -0.05) is 59.1 Å². The number of aryl methyl sites for hydroxylation is 1. The number of carbonyl (C=O) groups is 4. The second-order valence-electron chi connectivity index (χ2n) is 7.80. The first-order valence-electron chi connectivity index (χ1n) is 10.7. The van der Waals surface area contributed by atoms with Crippen molar-refractivity contribution < 1.29 is 23.9 Å². The molecule has 0 bridgehead atoms. The van der Waals surface area contributed by atoms with Crippen molar-refractivity contribution in [3.63, 3.8) is 0 Å². The zero-order chi connectivity index (χ0) is 25.8. The fourth-order valence-corrected chi connectivity index (χ4v) is 3.67. The number of halogens is 2. The lowest BCUT2D eigenvalue weighted by Crippen LogP contribution is -2.54. The van der Waals surface area contributed by atoms with Crippen molar-refractivity contribution in [2.75, 3.05) is 16.8 Å². The van der Waals surface area contributed by atoms with Crippen molar-refractivity contribution in [2.24, 2.45) is 0 Å². The topological polar surface area (TPSA) is 105 Å². The molecule has 182 valence electrons. The summed E-state index contributed by atoms with van der Waals surface area (Å²) in [6.45, 7) is 1.64. The zero-order valence-electron chi connectivity index (χ0n) is 18.9. The molecule has 8 nitrogen and oxygen atoms in total. The van der Waals surface area contributed by atoms with Gasteiger partial charge in [-0.3, -0.25) is 19.7 Å². The highest BCUT2D eigenvalue weighted by atomic mass is 35.5. The first-order valence-corrected chi connectivity index (χ1v) is 11.4. The third-order valence-corrected chi connectivity index (χ3v) is 5.92. The molecule has 1 heterocycles. The summed E-state index contributed by atoms with van der Waals surface area (Å²) in [6, 6.07) is 17.2. The highest BCUT2D eigenvalue weighted by Crippen LogP contribution is 2.30. The molecule has 3 aromatic rings. The zero-order valence-corrected chi connectivity index (χ0v) is 20.4. The van der Waals surface area contributed by atoms with Gasteiger partial charge in [0.05, 0.1) is 15.7 Å². The molecule has 0 atom stereocenters. The van der Waals surface area contributed by atoms with Crippen molar-refractivity contribution in [2.45, 2.75) is 6.92 Å². The predicted octanol–water partition coefficient (Wildman–Crippen LogP) is 4.99. The van der Waals surface area contributed by atoms with Crippen molar-refractivity contribution in [3.8, 4) is 5.75 Å². The molecule has 5 amide bonds. The van der Waals surface area contributed by atoms with E-state index in [1.165, 1.54) is 24.3 Å². The molecule has 0 aromatic heterocycles. The number of hydrogen-bond donors (Lipinski definition) is 2. The van der Waals surface area contributed by atoms with E-state index in [9.17, 15) is 19.2 Å². The van der Waals surface area contributed by atoms with E-state index in [1.54, 1.807) is 36.4 Å². The Hall–Kier alpha value is -4.14. The number of imide groups is 2. The maximum atomic E-state index is 13.1. The van der Waals surface area contributed by atoms with Crippen molar-refractivity contribution >= 4 is 64.4 Å². The molecule has 1 saturated heterocycles. The summed E-state index contributed by atoms with van der Waals surface area (Å²) in [4.78, 5) is 51.2. The van der Waals surface area contributed by atoms with Gasteiger partial charge in [0.2, 0.25) is 0 Å². The van der Waals surface area contributed by atoms with Gasteiger partial charge < -0.3 is 10.1 Å². The summed E-state index contributed by atoms with van der Waals surface area (Å²) in [5, 5.41) is 5.26. The molecule has 3 aromatic carbocycles. The summed E-state index contributed by atoms with van der Waals surface area (Å²) in [5.74, 6) is -1.84. The quantitative estimate of drug-likeness (QED) is 0.350. The van der Waals surface area contributed by atoms with Crippen LogP contribution in [-0.2, 0) is 14.4 Å². The Morgan fingerprint density at radius 1 is 1.00 bits per heavy atom. The number of hydrogen-bond acceptors (Lipinski definition) is 5. The third kappa shape index (κ3) is 5.56. The van der Waals surface area contributed by atoms with Crippen LogP contribution in [0.5, 0.6) is 5.75 Å². The lowest BCUT2D eigenvalue weighted by atomic mass is 10.1. The van der Waals surface area contributed by atoms with Crippen LogP contribution in [0.2, 0.25) is 10.0 Å². The van der Waals surface area contributed by atoms with Crippen LogP contribution >= 0.6 is 23.2 Å². The number of barbiturate groups is 1. The number of urea groups is 1. The monoisotopic (exact) mass is 523 g/mol. The smallest absolute Gasteiger partial charge is 0.335 e. The molecule has 0 spiro atoms. The summed E-state index contributed by atoms with van der Waals surface area (Å²) >= 11 is 12.0. The number of para-hydroxylation sites is 1. The average molecular weight is 524 g/mol. The maximum absolute atomic E-state index is 13.1. The number of nitrogens with zero attached hydrogens (tertiary/aromatic N) is 1. The molecule has 1 fully saturated rings. The van der Waals surface area contributed by atoms with E-state index in [4.69, 9.17) is 27.9 Å². The van der Waals surface area contributed by atoms with Gasteiger partial charge in [0.25, 0.3) is 17.7 Å². The van der Waals surface area contributed by atoms with Gasteiger partial charge in [-0.2, -0.15) is 0 Å². The SMILES string of the molecule is Cc1ccc(NC(=O)COc2ccccc2/C=C2\C(=O)NC(=O)N(c3ccc(Cl)c(Cl)c3)C2=O)cc1. The van der Waals surface area contributed by atoms with E-state index < -0.39 is 17.8 Å². The predicted molar refractivity (Wildman–Crippen MR) is 137 cm³/mol. The standard InChI is InChI=1S/C26H19Cl2N3O5/c1-15-6-8-17(9-7-15)29-23(32)14-36-22-5-3-2-4-16(22)12-19-24(33)30-26(35)31(25(19)34)18-10-11-20(27)21(28)13-18/h2-13H,14H2,1H3,(H,29,32)(H,30,33,35)/b19-12+. The lowest BCUT2D eigenvalue weighted by molar-refractivity contribution is -0.122. The number of carbonyl (C=O) groups excluding carboxylic acids is 4. The first kappa shape index (κ1) is 25.0. The molecule has 0 radical (unpaired) electrons. The number of rotatable bonds is 6. The van der Waals surface area contributed by atoms with Gasteiger partial charge in [0, 0.05) is 11.3 Å². The number of anilines is 2. The number of amides is 5. The molecule has 0 aliphatic carbocycles. The Morgan fingerprint density at radius 2 is 1.72 bits per heavy atom. The lowest BCUT2D eigenvalue weighted by Gasteiger charge is -2.26. The minimum absolute atomic E-state index is 0.139. The van der Waals surface area contributed by atoms with E-state index in [2.05, 4.69) is 10.6 Å². The molecular formula is C26H19Cl2N3O5. The van der Waals surface area contributed by atoms with Gasteiger partial charge in [0.1, 0.15) is 11.3 Å². The number of benzene rings is 3. The summed E-state index contributed by atoms with van der Waals surface area (Å²) in [7, 11) is 0. The average Bonchev–Trinajstić information content (AvgIpc) is 2.84. The van der Waals surface area contributed by atoms with E-state index in [0.29, 0.717) is 11.3 Å². The Labute approximate surface area is 216 Å². The molecule has 0 saturated carbocycles. The van der Waals surface area contributed by atoms with E-state index in [1.807, 2.05) is 19.1 Å². The van der Waals surface area contributed by atoms with E-state index >= 15 is 0 Å². The number of ether oxygens (including phenoxy) is 1. The summed E-state index contributed by atoms with van der Waals surface area (Å²) < 4.78 is 5.66. The normalized spacial score (nSPS) is 14.6. The fourth-order valence-electron chi connectivity index (χ4n) is 3.38. The summed E-state index contributed by atoms with van der Waals surface area (Å²) in [6.07, 6.45) is 1.29. The van der Waals surface area contributed by atoms with E-state index in [-0.39, 0.29) is 39.6 Å². The molecule has 1 aliphatic heterocycles. The van der Waals surface area contributed by atoms with Crippen molar-refractivity contribution in [1.29, 1.82) is 0 Å². The minimum atomic E-state index is -0.919. The van der Waals surface area contributed by atoms with Crippen molar-refractivity contribution in [3.05, 3.63) is 93.5 Å². The van der Waals surface area contributed by atoms with Crippen LogP contribution in [0.15, 0.2) is 72.3 Å². The molecular weight excluding hydrogens is 505 g/mol. The van der Waals surface area contributed by atoms with Crippen LogP contribution in [-0.4, -0.2) is 30.4 Å². The molecule has 0 unspecified atom stereocenters. The van der Waals surface area contributed by atoms with Gasteiger partial charge in [0.15, 0.2) is 6.61 Å². The minimum Gasteiger partial charge on any atom is -0.483 e. The van der Waals surface area contributed by atoms with Crippen LogP contribution in [0.1, 0.15) is 11.1 Å². The molecule has 1 aliphatic rings. The first-order chi connectivity index (χ1) is 17.2. The molecule has 2 N–H and O–H groups in total. The van der Waals surface area contributed by atoms with Crippen LogP contribution in [0.3, 0.4) is 0 Å². The number of nitrogens with one attached hydrogen (secondary N) is 2. The third-order valence-electron chi connectivity index (χ3n) is 5.18. The Balaban J connectivity index is 1.55. The highest BCUT2D eigenvalue weighted by molar-refractivity contribution is 6.43. The van der Waals surface area contributed by atoms with Gasteiger partial charge in [-0.05, 0) is 49.4 Å². The second-order valence-corrected chi connectivity index (χ2v) is 8.61. The Bertz CT molecular complexity index is 1400. The van der Waals surface area contributed by atoms with Gasteiger partial charge in [-0.15, -0.1) is 0 Å². The Morgan fingerprint density at radius 3 is 2.44 bits per heavy atom. The van der Waals surface area contributed by atoms with Gasteiger partial charge >= 0.3 is 6.03 Å². The largest absolute Gasteiger partial charge is 0.483 e. The van der Waals surface area contributed by atoms with Gasteiger partial charge in [-0.25, -0.2) is 9.69 Å². The van der Waals surface area contributed by atoms with Crippen molar-refractivity contribution in [1.82, 2.24) is 5.32 Å². The van der Waals surface area contributed by atoms with Crippen LogP contribution < -0.4 is 20.3 Å². The van der Waals surface area contributed by atoms with Crippen LogP contribution in [0, 0.1) is 6.92 Å². The van der Waals surface area contributed by atoms with Crippen LogP contribution in [0.4, 0.5) is 16.2 Å². The Kier molecular flexibility index (Phi) is 7.38. The molecule has 36 heavy (non-hydrogen) atoms. The van der Waals surface area contributed by atoms with E-state index in [0.717, 1.165) is 10.5 Å². The maximum Gasteiger partial charge on any atom is 0.335 e. The molecule has 10 heteroatoms. The van der Waals surface area contributed by atoms with Crippen LogP contribution in [0.25, 0.3) is 6.08 Å². The molecule has 4 rings (SSSR count). The summed E-state index contributed by atoms with van der Waals surface area (Å²) in [5.41, 5.74) is 1.89. The fraction of sp³-hybridized carbons (Fsp3) is 0.0769.